The normalized spacial score (nSPS) is 27.7. The Kier molecular flexibility index (Phi) is 4.07. The average Bonchev–Trinajstić information content (AvgIpc) is 2.80. The van der Waals surface area contributed by atoms with Gasteiger partial charge in [0.1, 0.15) is 24.0 Å². The molecule has 9 heteroatoms. The van der Waals surface area contributed by atoms with Crippen molar-refractivity contribution in [2.24, 2.45) is 0 Å². The molecule has 0 saturated carbocycles. The molecule has 124 valence electrons. The summed E-state index contributed by atoms with van der Waals surface area (Å²) in [4.78, 5) is 19.6. The maximum atomic E-state index is 12.4. The summed E-state index contributed by atoms with van der Waals surface area (Å²) in [6.45, 7) is 3.03. The van der Waals surface area contributed by atoms with E-state index in [2.05, 4.69) is 9.97 Å². The Hall–Kier alpha value is -1.65. The highest BCUT2D eigenvalue weighted by Gasteiger charge is 2.43. The molecule has 3 heterocycles. The van der Waals surface area contributed by atoms with Crippen LogP contribution in [0, 0.1) is 18.6 Å². The zero-order valence-corrected chi connectivity index (χ0v) is 13.4. The summed E-state index contributed by atoms with van der Waals surface area (Å²) < 4.78 is 6.85. The lowest BCUT2D eigenvalue weighted by Crippen LogP contribution is -2.33. The van der Waals surface area contributed by atoms with Gasteiger partial charge in [-0.3, -0.25) is 9.36 Å². The average molecular weight is 339 g/mol. The number of aromatic amines is 1. The van der Waals surface area contributed by atoms with Crippen molar-refractivity contribution < 1.29 is 20.1 Å². The number of ether oxygens (including phenoxy) is 1. The fourth-order valence-electron chi connectivity index (χ4n) is 2.67. The molecule has 1 aliphatic rings. The van der Waals surface area contributed by atoms with Crippen LogP contribution in [0.15, 0.2) is 11.0 Å². The second kappa shape index (κ2) is 5.77. The molecule has 0 aromatic carbocycles. The number of aryl methyl sites for hydroxylation is 1. The number of aliphatic hydroxyl groups is 3. The van der Waals surface area contributed by atoms with Crippen molar-refractivity contribution in [1.82, 2.24) is 14.5 Å². The predicted octanol–water partition coefficient (Wildman–Crippen LogP) is -0.318. The fraction of sp³-hybridized carbons (Fsp3) is 0.500. The summed E-state index contributed by atoms with van der Waals surface area (Å²) in [5.74, 6) is 0. The Morgan fingerprint density at radius 1 is 1.39 bits per heavy atom. The summed E-state index contributed by atoms with van der Waals surface area (Å²) in [6, 6.07) is 0. The number of hydrogen-bond acceptors (Lipinski definition) is 7. The molecule has 3 rings (SSSR count). The van der Waals surface area contributed by atoms with Crippen LogP contribution in [0.1, 0.15) is 17.5 Å². The summed E-state index contributed by atoms with van der Waals surface area (Å²) in [5, 5.41) is 29.4. The number of fused-ring (bicyclic) bond motifs is 1. The van der Waals surface area contributed by atoms with Crippen LogP contribution in [-0.2, 0) is 4.74 Å². The van der Waals surface area contributed by atoms with Crippen molar-refractivity contribution in [1.29, 1.82) is 0 Å². The second-order valence-corrected chi connectivity index (χ2v) is 5.99. The largest absolute Gasteiger partial charge is 0.394 e. The summed E-state index contributed by atoms with van der Waals surface area (Å²) >= 11 is 5.20. The van der Waals surface area contributed by atoms with Gasteiger partial charge in [-0.1, -0.05) is 0 Å². The van der Waals surface area contributed by atoms with Gasteiger partial charge in [-0.05, 0) is 26.1 Å². The van der Waals surface area contributed by atoms with Crippen LogP contribution in [-0.4, -0.2) is 54.8 Å². The molecule has 8 nitrogen and oxygen atoms in total. The number of hydrogen-bond donors (Lipinski definition) is 4. The van der Waals surface area contributed by atoms with Gasteiger partial charge in [-0.15, -0.1) is 0 Å². The molecule has 0 spiro atoms. The highest BCUT2D eigenvalue weighted by atomic mass is 32.1. The fourth-order valence-corrected chi connectivity index (χ4v) is 2.91. The summed E-state index contributed by atoms with van der Waals surface area (Å²) in [6.07, 6.45) is -3.03. The lowest BCUT2D eigenvalue weighted by Gasteiger charge is -2.18. The van der Waals surface area contributed by atoms with Gasteiger partial charge < -0.3 is 25.0 Å². The third kappa shape index (κ3) is 2.50. The molecule has 4 unspecified atom stereocenters. The van der Waals surface area contributed by atoms with Crippen LogP contribution in [0.3, 0.4) is 0 Å². The first-order valence-electron chi connectivity index (χ1n) is 7.10. The Bertz CT molecular complexity index is 877. The Balaban J connectivity index is 2.18. The van der Waals surface area contributed by atoms with Crippen LogP contribution < -0.4 is 5.43 Å². The second-order valence-electron chi connectivity index (χ2n) is 5.63. The standard InChI is InChI=1S/C14H17N3O5S/c1-5-6(2)15-12-7(9(5)19)3-17(14(23)16-12)13-11(21)10(20)8(4-18)22-13/h3,8,10-11,13,18,20-21H,4H2,1-2H3,(H,15,16,23). The lowest BCUT2D eigenvalue weighted by molar-refractivity contribution is -0.0538. The quantitative estimate of drug-likeness (QED) is 0.554. The minimum atomic E-state index is -1.29. The van der Waals surface area contributed by atoms with E-state index in [0.717, 1.165) is 0 Å². The van der Waals surface area contributed by atoms with E-state index in [9.17, 15) is 15.0 Å². The van der Waals surface area contributed by atoms with Crippen molar-refractivity contribution in [3.63, 3.8) is 0 Å². The predicted molar refractivity (Wildman–Crippen MR) is 83.7 cm³/mol. The third-order valence-corrected chi connectivity index (χ3v) is 4.50. The number of aromatic nitrogens is 3. The van der Waals surface area contributed by atoms with E-state index in [1.165, 1.54) is 10.8 Å². The first kappa shape index (κ1) is 16.2. The molecule has 1 aliphatic heterocycles. The number of aliphatic hydroxyl groups excluding tert-OH is 3. The van der Waals surface area contributed by atoms with Gasteiger partial charge in [-0.2, -0.15) is 0 Å². The Labute approximate surface area is 136 Å². The summed E-state index contributed by atoms with van der Waals surface area (Å²) in [5.41, 5.74) is 1.42. The van der Waals surface area contributed by atoms with Gasteiger partial charge in [0, 0.05) is 17.5 Å². The van der Waals surface area contributed by atoms with Crippen molar-refractivity contribution in [3.05, 3.63) is 32.4 Å². The minimum absolute atomic E-state index is 0.0891. The van der Waals surface area contributed by atoms with E-state index in [1.807, 2.05) is 0 Å². The van der Waals surface area contributed by atoms with E-state index in [1.54, 1.807) is 13.8 Å². The van der Waals surface area contributed by atoms with Gasteiger partial charge in [0.25, 0.3) is 0 Å². The number of nitrogens with zero attached hydrogens (tertiary/aromatic N) is 2. The van der Waals surface area contributed by atoms with Crippen molar-refractivity contribution in [2.45, 2.75) is 38.4 Å². The molecule has 2 aromatic heterocycles. The van der Waals surface area contributed by atoms with Crippen LogP contribution >= 0.6 is 12.2 Å². The van der Waals surface area contributed by atoms with E-state index in [4.69, 9.17) is 22.1 Å². The van der Waals surface area contributed by atoms with Crippen LogP contribution in [0.2, 0.25) is 0 Å². The van der Waals surface area contributed by atoms with E-state index in [0.29, 0.717) is 22.3 Å². The maximum absolute atomic E-state index is 12.4. The van der Waals surface area contributed by atoms with Crippen molar-refractivity contribution in [3.8, 4) is 0 Å². The van der Waals surface area contributed by atoms with Gasteiger partial charge in [0.15, 0.2) is 11.7 Å². The Morgan fingerprint density at radius 2 is 2.09 bits per heavy atom. The molecular formula is C14H17N3O5S. The molecule has 0 radical (unpaired) electrons. The smallest absolute Gasteiger partial charge is 0.203 e. The zero-order valence-electron chi connectivity index (χ0n) is 12.6. The topological polar surface area (TPSA) is 121 Å². The SMILES string of the molecule is Cc1[nH]c2nc(=S)n(C3OC(CO)C(O)C3O)cc2c(=O)c1C. The molecule has 4 N–H and O–H groups in total. The monoisotopic (exact) mass is 339 g/mol. The minimum Gasteiger partial charge on any atom is -0.394 e. The van der Waals surface area contributed by atoms with Crippen LogP contribution in [0.25, 0.3) is 11.0 Å². The zero-order chi connectivity index (χ0) is 16.9. The van der Waals surface area contributed by atoms with E-state index in [-0.39, 0.29) is 10.2 Å². The molecule has 0 bridgehead atoms. The van der Waals surface area contributed by atoms with Gasteiger partial charge in [-0.25, -0.2) is 4.98 Å². The molecule has 0 amide bonds. The number of H-pyrrole nitrogens is 1. The van der Waals surface area contributed by atoms with Crippen molar-refractivity contribution in [2.75, 3.05) is 6.61 Å². The van der Waals surface area contributed by atoms with E-state index >= 15 is 0 Å². The summed E-state index contributed by atoms with van der Waals surface area (Å²) in [7, 11) is 0. The van der Waals surface area contributed by atoms with E-state index < -0.39 is 31.1 Å². The van der Waals surface area contributed by atoms with Gasteiger partial charge >= 0.3 is 0 Å². The first-order chi connectivity index (χ1) is 10.8. The highest BCUT2D eigenvalue weighted by molar-refractivity contribution is 7.71. The molecule has 1 saturated heterocycles. The molecule has 2 aromatic rings. The number of pyridine rings is 1. The van der Waals surface area contributed by atoms with Gasteiger partial charge in [0.2, 0.25) is 4.77 Å². The number of nitrogens with one attached hydrogen (secondary N) is 1. The van der Waals surface area contributed by atoms with Gasteiger partial charge in [0.05, 0.1) is 12.0 Å². The first-order valence-corrected chi connectivity index (χ1v) is 7.50. The molecule has 1 fully saturated rings. The van der Waals surface area contributed by atoms with Crippen LogP contribution in [0.5, 0.6) is 0 Å². The molecule has 0 aliphatic carbocycles. The molecular weight excluding hydrogens is 322 g/mol. The highest BCUT2D eigenvalue weighted by Crippen LogP contribution is 2.29. The number of rotatable bonds is 2. The van der Waals surface area contributed by atoms with Crippen molar-refractivity contribution >= 4 is 23.3 Å². The van der Waals surface area contributed by atoms with Crippen LogP contribution in [0.4, 0.5) is 0 Å². The maximum Gasteiger partial charge on any atom is 0.203 e. The molecule has 23 heavy (non-hydrogen) atoms. The Morgan fingerprint density at radius 3 is 2.70 bits per heavy atom. The lowest BCUT2D eigenvalue weighted by atomic mass is 10.1. The molecule has 4 atom stereocenters. The third-order valence-electron chi connectivity index (χ3n) is 4.20.